The number of aromatic nitrogens is 4. The number of nitrogens with one attached hydrogen (secondary N) is 1. The molecule has 2 aromatic heterocycles. The lowest BCUT2D eigenvalue weighted by Gasteiger charge is -2.13. The number of ether oxygens (including phenoxy) is 1. The molecule has 0 aromatic carbocycles. The minimum atomic E-state index is 0.358. The lowest BCUT2D eigenvalue weighted by atomic mass is 10.2. The van der Waals surface area contributed by atoms with E-state index in [9.17, 15) is 0 Å². The van der Waals surface area contributed by atoms with Gasteiger partial charge in [0.25, 0.3) is 0 Å². The van der Waals surface area contributed by atoms with Crippen LogP contribution >= 0.6 is 12.2 Å². The standard InChI is InChI=1S/C12H18N4OS/c1-7-10-11(15(2)14-7)16(12(18)13-10)8-4-5-9(6-8)17-3/h8-9H,4-6H2,1-3H3,(H,13,18). The lowest BCUT2D eigenvalue weighted by molar-refractivity contribution is 0.106. The Kier molecular flexibility index (Phi) is 2.79. The van der Waals surface area contributed by atoms with E-state index in [1.54, 1.807) is 7.11 Å². The second kappa shape index (κ2) is 4.20. The summed E-state index contributed by atoms with van der Waals surface area (Å²) in [5.41, 5.74) is 3.15. The summed E-state index contributed by atoms with van der Waals surface area (Å²) in [4.78, 5) is 3.28. The minimum Gasteiger partial charge on any atom is -0.381 e. The molecule has 1 saturated carbocycles. The van der Waals surface area contributed by atoms with Crippen molar-refractivity contribution < 1.29 is 4.74 Å². The molecule has 3 rings (SSSR count). The maximum Gasteiger partial charge on any atom is 0.179 e. The molecule has 5 nitrogen and oxygen atoms in total. The highest BCUT2D eigenvalue weighted by molar-refractivity contribution is 7.71. The average Bonchev–Trinajstić information content (AvgIpc) is 2.97. The summed E-state index contributed by atoms with van der Waals surface area (Å²) in [6.07, 6.45) is 3.61. The molecule has 2 aromatic rings. The monoisotopic (exact) mass is 266 g/mol. The first kappa shape index (κ1) is 11.9. The van der Waals surface area contributed by atoms with Gasteiger partial charge in [0, 0.05) is 20.2 Å². The van der Waals surface area contributed by atoms with Crippen LogP contribution in [-0.2, 0) is 11.8 Å². The van der Waals surface area contributed by atoms with Gasteiger partial charge in [-0.05, 0) is 38.4 Å². The van der Waals surface area contributed by atoms with Gasteiger partial charge in [-0.3, -0.25) is 9.25 Å². The molecular weight excluding hydrogens is 248 g/mol. The van der Waals surface area contributed by atoms with Gasteiger partial charge in [-0.1, -0.05) is 0 Å². The maximum absolute atomic E-state index is 5.46. The van der Waals surface area contributed by atoms with Crippen molar-refractivity contribution in [1.82, 2.24) is 19.3 Å². The van der Waals surface area contributed by atoms with E-state index in [4.69, 9.17) is 17.0 Å². The quantitative estimate of drug-likeness (QED) is 0.850. The second-order valence-electron chi connectivity index (χ2n) is 5.03. The van der Waals surface area contributed by atoms with E-state index in [1.165, 1.54) is 0 Å². The Morgan fingerprint density at radius 2 is 2.22 bits per heavy atom. The van der Waals surface area contributed by atoms with Crippen LogP contribution in [0.3, 0.4) is 0 Å². The molecular formula is C12H18N4OS. The smallest absolute Gasteiger partial charge is 0.179 e. The zero-order valence-corrected chi connectivity index (χ0v) is 11.8. The van der Waals surface area contributed by atoms with Gasteiger partial charge >= 0.3 is 0 Å². The first-order chi connectivity index (χ1) is 8.61. The molecule has 18 heavy (non-hydrogen) atoms. The van der Waals surface area contributed by atoms with E-state index in [-0.39, 0.29) is 0 Å². The van der Waals surface area contributed by atoms with Crippen LogP contribution in [0.5, 0.6) is 0 Å². The predicted molar refractivity (Wildman–Crippen MR) is 72.3 cm³/mol. The maximum atomic E-state index is 5.46. The zero-order valence-electron chi connectivity index (χ0n) is 10.9. The van der Waals surface area contributed by atoms with Crippen LogP contribution < -0.4 is 0 Å². The van der Waals surface area contributed by atoms with Crippen LogP contribution in [0.4, 0.5) is 0 Å². The van der Waals surface area contributed by atoms with Gasteiger partial charge in [-0.15, -0.1) is 0 Å². The van der Waals surface area contributed by atoms with Crippen molar-refractivity contribution in [3.8, 4) is 0 Å². The third-order valence-corrected chi connectivity index (χ3v) is 4.22. The van der Waals surface area contributed by atoms with Crippen molar-refractivity contribution in [3.63, 3.8) is 0 Å². The number of aromatic amines is 1. The highest BCUT2D eigenvalue weighted by Crippen LogP contribution is 2.34. The Bertz CT molecular complexity index is 638. The van der Waals surface area contributed by atoms with E-state index in [1.807, 2.05) is 18.7 Å². The predicted octanol–water partition coefficient (Wildman–Crippen LogP) is 2.48. The number of hydrogen-bond donors (Lipinski definition) is 1. The third kappa shape index (κ3) is 1.63. The van der Waals surface area contributed by atoms with Crippen LogP contribution in [0.2, 0.25) is 0 Å². The first-order valence-electron chi connectivity index (χ1n) is 6.28. The topological polar surface area (TPSA) is 47.8 Å². The molecule has 2 heterocycles. The lowest BCUT2D eigenvalue weighted by Crippen LogP contribution is -2.11. The van der Waals surface area contributed by atoms with Crippen LogP contribution in [0.25, 0.3) is 11.2 Å². The molecule has 0 amide bonds. The van der Waals surface area contributed by atoms with Crippen LogP contribution in [0.15, 0.2) is 0 Å². The fraction of sp³-hybridized carbons (Fsp3) is 0.667. The number of nitrogens with zero attached hydrogens (tertiary/aromatic N) is 3. The Morgan fingerprint density at radius 3 is 2.89 bits per heavy atom. The van der Waals surface area contributed by atoms with Crippen molar-refractivity contribution in [2.24, 2.45) is 7.05 Å². The van der Waals surface area contributed by atoms with Crippen LogP contribution in [-0.4, -0.2) is 32.5 Å². The van der Waals surface area contributed by atoms with Gasteiger partial charge in [-0.2, -0.15) is 5.10 Å². The summed E-state index contributed by atoms with van der Waals surface area (Å²) >= 11 is 5.46. The molecule has 1 aliphatic carbocycles. The normalized spacial score (nSPS) is 24.2. The van der Waals surface area contributed by atoms with Crippen molar-refractivity contribution in [2.75, 3.05) is 7.11 Å². The molecule has 1 fully saturated rings. The molecule has 98 valence electrons. The molecule has 1 N–H and O–H groups in total. The molecule has 0 bridgehead atoms. The number of methoxy groups -OCH3 is 1. The Morgan fingerprint density at radius 1 is 1.44 bits per heavy atom. The van der Waals surface area contributed by atoms with Gasteiger partial charge in [0.2, 0.25) is 0 Å². The van der Waals surface area contributed by atoms with Gasteiger partial charge in [0.05, 0.1) is 11.8 Å². The molecule has 0 radical (unpaired) electrons. The number of fused-ring (bicyclic) bond motifs is 1. The van der Waals surface area contributed by atoms with Crippen molar-refractivity contribution in [3.05, 3.63) is 10.5 Å². The van der Waals surface area contributed by atoms with E-state index in [0.29, 0.717) is 12.1 Å². The van der Waals surface area contributed by atoms with Crippen LogP contribution in [0, 0.1) is 11.7 Å². The molecule has 0 aliphatic heterocycles. The minimum absolute atomic E-state index is 0.358. The molecule has 6 heteroatoms. The molecule has 2 unspecified atom stereocenters. The molecule has 0 saturated heterocycles. The highest BCUT2D eigenvalue weighted by atomic mass is 32.1. The fourth-order valence-electron chi connectivity index (χ4n) is 3.04. The number of imidazole rings is 1. The Hall–Kier alpha value is -1.14. The molecule has 2 atom stereocenters. The summed E-state index contributed by atoms with van der Waals surface area (Å²) in [5, 5.41) is 4.45. The number of hydrogen-bond acceptors (Lipinski definition) is 3. The van der Waals surface area contributed by atoms with E-state index in [0.717, 1.165) is 40.9 Å². The Labute approximate surface area is 111 Å². The molecule has 1 aliphatic rings. The molecule has 0 spiro atoms. The summed E-state index contributed by atoms with van der Waals surface area (Å²) in [6, 6.07) is 0.422. The summed E-state index contributed by atoms with van der Waals surface area (Å²) in [5.74, 6) is 0. The van der Waals surface area contributed by atoms with E-state index >= 15 is 0 Å². The SMILES string of the molecule is COC1CCC(n2c(=S)[nH]c3c(C)nn(C)c32)C1. The summed E-state index contributed by atoms with van der Waals surface area (Å²) in [6.45, 7) is 2.00. The third-order valence-electron chi connectivity index (χ3n) is 3.93. The largest absolute Gasteiger partial charge is 0.381 e. The highest BCUT2D eigenvalue weighted by Gasteiger charge is 2.28. The second-order valence-corrected chi connectivity index (χ2v) is 5.42. The van der Waals surface area contributed by atoms with Gasteiger partial charge in [0.1, 0.15) is 5.52 Å². The van der Waals surface area contributed by atoms with Crippen LogP contribution in [0.1, 0.15) is 31.0 Å². The number of aryl methyl sites for hydroxylation is 2. The number of rotatable bonds is 2. The fourth-order valence-corrected chi connectivity index (χ4v) is 3.37. The van der Waals surface area contributed by atoms with Crippen molar-refractivity contribution in [2.45, 2.75) is 38.3 Å². The Balaban J connectivity index is 2.12. The van der Waals surface area contributed by atoms with Crippen molar-refractivity contribution >= 4 is 23.4 Å². The summed E-state index contributed by atoms with van der Waals surface area (Å²) in [7, 11) is 3.75. The van der Waals surface area contributed by atoms with Crippen molar-refractivity contribution in [1.29, 1.82) is 0 Å². The average molecular weight is 266 g/mol. The number of H-pyrrole nitrogens is 1. The van der Waals surface area contributed by atoms with E-state index in [2.05, 4.69) is 14.6 Å². The van der Waals surface area contributed by atoms with E-state index < -0.39 is 0 Å². The first-order valence-corrected chi connectivity index (χ1v) is 6.69. The summed E-state index contributed by atoms with van der Waals surface area (Å²) < 4.78 is 10.4. The van der Waals surface area contributed by atoms with Gasteiger partial charge in [-0.25, -0.2) is 0 Å². The van der Waals surface area contributed by atoms with Gasteiger partial charge < -0.3 is 9.72 Å². The zero-order chi connectivity index (χ0) is 12.9. The van der Waals surface area contributed by atoms with Gasteiger partial charge in [0.15, 0.2) is 10.4 Å².